The summed E-state index contributed by atoms with van der Waals surface area (Å²) in [7, 11) is 1.85. The van der Waals surface area contributed by atoms with E-state index >= 15 is 0 Å². The molecule has 0 aliphatic heterocycles. The van der Waals surface area contributed by atoms with Crippen LogP contribution in [0.25, 0.3) is 0 Å². The van der Waals surface area contributed by atoms with Crippen molar-refractivity contribution in [3.63, 3.8) is 0 Å². The molecule has 5 heteroatoms. The third-order valence-electron chi connectivity index (χ3n) is 3.09. The summed E-state index contributed by atoms with van der Waals surface area (Å²) in [5.74, 6) is -0.292. The number of carbonyl (C=O) groups excluding carboxylic acids is 1. The largest absolute Gasteiger partial charge is 0.344 e. The molecule has 0 aliphatic carbocycles. The maximum atomic E-state index is 13.8. The molecule has 0 fully saturated rings. The number of Topliss-reactive ketones (excluding diaryl/α,β-unsaturated/α-hetero) is 1. The Labute approximate surface area is 115 Å². The number of halogens is 1. The molecule has 3 nitrogen and oxygen atoms in total. The number of nitrogens with zero attached hydrogens (tertiary/aromatic N) is 2. The zero-order valence-corrected chi connectivity index (χ0v) is 11.9. The predicted molar refractivity (Wildman–Crippen MR) is 75.3 cm³/mol. The summed E-state index contributed by atoms with van der Waals surface area (Å²) in [5.41, 5.74) is 1.07. The van der Waals surface area contributed by atoms with Gasteiger partial charge in [-0.1, -0.05) is 18.2 Å². The summed E-state index contributed by atoms with van der Waals surface area (Å²) < 4.78 is 13.8. The average Bonchev–Trinajstić information content (AvgIpc) is 2.87. The van der Waals surface area contributed by atoms with Crippen molar-refractivity contribution < 1.29 is 9.18 Å². The summed E-state index contributed by atoms with van der Waals surface area (Å²) in [5, 5.41) is 2.43. The lowest BCUT2D eigenvalue weighted by Gasteiger charge is -2.24. The van der Waals surface area contributed by atoms with Gasteiger partial charge >= 0.3 is 0 Å². The van der Waals surface area contributed by atoms with Gasteiger partial charge in [-0.2, -0.15) is 0 Å². The summed E-state index contributed by atoms with van der Waals surface area (Å²) in [6.45, 7) is 3.40. The Balaban J connectivity index is 2.25. The molecule has 0 aliphatic rings. The number of thiazole rings is 1. The van der Waals surface area contributed by atoms with E-state index in [9.17, 15) is 9.18 Å². The number of ketones is 1. The molecule has 1 aromatic heterocycles. The summed E-state index contributed by atoms with van der Waals surface area (Å²) >= 11 is 1.39. The van der Waals surface area contributed by atoms with Gasteiger partial charge in [-0.05, 0) is 13.0 Å². The summed E-state index contributed by atoms with van der Waals surface area (Å²) in [4.78, 5) is 17.4. The zero-order valence-electron chi connectivity index (χ0n) is 11.1. The molecule has 1 unspecified atom stereocenters. The number of carbonyl (C=O) groups is 1. The lowest BCUT2D eigenvalue weighted by atomic mass is 10.1. The third kappa shape index (κ3) is 2.81. The standard InChI is InChI=1S/C14H15FN2OS/c1-9(11-6-4-5-7-12(11)15)17(3)14-16-13(8-19-14)10(2)18/h4-9H,1-3H3. The van der Waals surface area contributed by atoms with Crippen molar-refractivity contribution in [3.8, 4) is 0 Å². The maximum absolute atomic E-state index is 13.8. The number of aromatic nitrogens is 1. The summed E-state index contributed by atoms with van der Waals surface area (Å²) in [6, 6.07) is 6.54. The first-order chi connectivity index (χ1) is 9.00. The zero-order chi connectivity index (χ0) is 14.0. The molecule has 100 valence electrons. The fourth-order valence-corrected chi connectivity index (χ4v) is 2.69. The van der Waals surface area contributed by atoms with E-state index in [-0.39, 0.29) is 17.6 Å². The van der Waals surface area contributed by atoms with Crippen LogP contribution in [0.4, 0.5) is 9.52 Å². The fraction of sp³-hybridized carbons (Fsp3) is 0.286. The smallest absolute Gasteiger partial charge is 0.186 e. The van der Waals surface area contributed by atoms with Crippen molar-refractivity contribution in [2.75, 3.05) is 11.9 Å². The van der Waals surface area contributed by atoms with E-state index in [1.165, 1.54) is 24.3 Å². The Hall–Kier alpha value is -1.75. The van der Waals surface area contributed by atoms with Gasteiger partial charge in [-0.3, -0.25) is 4.79 Å². The molecular formula is C14H15FN2OS. The van der Waals surface area contributed by atoms with Gasteiger partial charge in [0.25, 0.3) is 0 Å². The number of anilines is 1. The number of rotatable bonds is 4. The second-order valence-corrected chi connectivity index (χ2v) is 5.22. The highest BCUT2D eigenvalue weighted by Crippen LogP contribution is 2.29. The Morgan fingerprint density at radius 3 is 2.68 bits per heavy atom. The molecule has 2 aromatic rings. The van der Waals surface area contributed by atoms with Gasteiger partial charge in [0, 0.05) is 24.9 Å². The van der Waals surface area contributed by atoms with Crippen molar-refractivity contribution in [2.45, 2.75) is 19.9 Å². The molecule has 1 heterocycles. The highest BCUT2D eigenvalue weighted by molar-refractivity contribution is 7.13. The van der Waals surface area contributed by atoms with Gasteiger partial charge in [0.2, 0.25) is 0 Å². The molecular weight excluding hydrogens is 263 g/mol. The van der Waals surface area contributed by atoms with E-state index < -0.39 is 0 Å². The quantitative estimate of drug-likeness (QED) is 0.800. The van der Waals surface area contributed by atoms with Crippen molar-refractivity contribution in [1.29, 1.82) is 0 Å². The van der Waals surface area contributed by atoms with Crippen molar-refractivity contribution in [3.05, 3.63) is 46.7 Å². The molecule has 0 amide bonds. The molecule has 0 spiro atoms. The molecule has 0 bridgehead atoms. The van der Waals surface area contributed by atoms with Gasteiger partial charge in [-0.25, -0.2) is 9.37 Å². The number of hydrogen-bond donors (Lipinski definition) is 0. The molecule has 0 saturated carbocycles. The van der Waals surface area contributed by atoms with Crippen molar-refractivity contribution in [2.24, 2.45) is 0 Å². The van der Waals surface area contributed by atoms with Crippen LogP contribution in [0.3, 0.4) is 0 Å². The van der Waals surface area contributed by atoms with Crippen LogP contribution in [0.2, 0.25) is 0 Å². The normalized spacial score (nSPS) is 12.2. The molecule has 1 aromatic carbocycles. The van der Waals surface area contributed by atoms with E-state index in [1.54, 1.807) is 17.5 Å². The second-order valence-electron chi connectivity index (χ2n) is 4.38. The Bertz CT molecular complexity index is 597. The van der Waals surface area contributed by atoms with Crippen LogP contribution in [0, 0.1) is 5.82 Å². The van der Waals surface area contributed by atoms with E-state index in [2.05, 4.69) is 4.98 Å². The van der Waals surface area contributed by atoms with Crippen LogP contribution in [-0.4, -0.2) is 17.8 Å². The van der Waals surface area contributed by atoms with E-state index in [0.717, 1.165) is 0 Å². The van der Waals surface area contributed by atoms with Crippen molar-refractivity contribution in [1.82, 2.24) is 4.98 Å². The Morgan fingerprint density at radius 2 is 2.11 bits per heavy atom. The number of benzene rings is 1. The van der Waals surface area contributed by atoms with Crippen LogP contribution in [0.15, 0.2) is 29.6 Å². The van der Waals surface area contributed by atoms with E-state index in [4.69, 9.17) is 0 Å². The molecule has 0 saturated heterocycles. The van der Waals surface area contributed by atoms with Gasteiger partial charge in [-0.15, -0.1) is 11.3 Å². The minimum absolute atomic E-state index is 0.0607. The molecule has 1 atom stereocenters. The molecule has 2 rings (SSSR count). The van der Waals surface area contributed by atoms with E-state index in [1.807, 2.05) is 24.9 Å². The second kappa shape index (κ2) is 5.48. The lowest BCUT2D eigenvalue weighted by molar-refractivity contribution is 0.101. The first-order valence-electron chi connectivity index (χ1n) is 5.94. The van der Waals surface area contributed by atoms with Gasteiger partial charge < -0.3 is 4.90 Å². The molecule has 0 N–H and O–H groups in total. The lowest BCUT2D eigenvalue weighted by Crippen LogP contribution is -2.22. The highest BCUT2D eigenvalue weighted by atomic mass is 32.1. The first-order valence-corrected chi connectivity index (χ1v) is 6.82. The molecule has 19 heavy (non-hydrogen) atoms. The van der Waals surface area contributed by atoms with Crippen LogP contribution in [-0.2, 0) is 0 Å². The summed E-state index contributed by atoms with van der Waals surface area (Å²) in [6.07, 6.45) is 0. The topological polar surface area (TPSA) is 33.2 Å². The highest BCUT2D eigenvalue weighted by Gasteiger charge is 2.18. The van der Waals surface area contributed by atoms with Gasteiger partial charge in [0.05, 0.1) is 6.04 Å². The van der Waals surface area contributed by atoms with Crippen LogP contribution in [0.5, 0.6) is 0 Å². The predicted octanol–water partition coefficient (Wildman–Crippen LogP) is 3.68. The van der Waals surface area contributed by atoms with Crippen LogP contribution < -0.4 is 4.90 Å². The SMILES string of the molecule is CC(=O)c1csc(N(C)C(C)c2ccccc2F)n1. The van der Waals surface area contributed by atoms with Gasteiger partial charge in [0.15, 0.2) is 10.9 Å². The third-order valence-corrected chi connectivity index (χ3v) is 4.02. The minimum atomic E-state index is -0.231. The monoisotopic (exact) mass is 278 g/mol. The van der Waals surface area contributed by atoms with Crippen LogP contribution >= 0.6 is 11.3 Å². The molecule has 0 radical (unpaired) electrons. The van der Waals surface area contributed by atoms with Gasteiger partial charge in [0.1, 0.15) is 11.5 Å². The minimum Gasteiger partial charge on any atom is -0.344 e. The fourth-order valence-electron chi connectivity index (χ4n) is 1.78. The van der Waals surface area contributed by atoms with Crippen LogP contribution in [0.1, 0.15) is 35.9 Å². The van der Waals surface area contributed by atoms with Crippen molar-refractivity contribution >= 4 is 22.3 Å². The average molecular weight is 278 g/mol. The first kappa shape index (κ1) is 13.7. The Kier molecular flexibility index (Phi) is 3.95. The number of hydrogen-bond acceptors (Lipinski definition) is 4. The van der Waals surface area contributed by atoms with E-state index in [0.29, 0.717) is 16.4 Å². The maximum Gasteiger partial charge on any atom is 0.186 e. The Morgan fingerprint density at radius 1 is 1.42 bits per heavy atom.